The molecule has 0 amide bonds. The lowest BCUT2D eigenvalue weighted by atomic mass is 10.7. The molecule has 2 aromatic heterocycles. The quantitative estimate of drug-likeness (QED) is 0.693. The summed E-state index contributed by atoms with van der Waals surface area (Å²) in [6.45, 7) is 0. The molecular weight excluding hydrogens is 192 g/mol. The molecule has 0 aliphatic heterocycles. The summed E-state index contributed by atoms with van der Waals surface area (Å²) in [7, 11) is 0. The van der Waals surface area contributed by atoms with Gasteiger partial charge in [-0.2, -0.15) is 8.75 Å². The maximum absolute atomic E-state index is 3.97. The lowest BCUT2D eigenvalue weighted by Gasteiger charge is -1.79. The highest BCUT2D eigenvalue weighted by Gasteiger charge is 1.91. The van der Waals surface area contributed by atoms with Gasteiger partial charge >= 0.3 is 0 Å². The van der Waals surface area contributed by atoms with Gasteiger partial charge in [0.15, 0.2) is 11.6 Å². The number of azo groups is 1. The topological polar surface area (TPSA) is 50.5 Å². The van der Waals surface area contributed by atoms with E-state index in [0.29, 0.717) is 11.6 Å². The van der Waals surface area contributed by atoms with Gasteiger partial charge in [0.05, 0.1) is 0 Å². The van der Waals surface area contributed by atoms with Crippen LogP contribution in [0.1, 0.15) is 0 Å². The lowest BCUT2D eigenvalue weighted by Crippen LogP contribution is -1.58. The fourth-order valence-electron chi connectivity index (χ4n) is 0.618. The number of aromatic nitrogens is 2. The van der Waals surface area contributed by atoms with E-state index in [4.69, 9.17) is 0 Å². The summed E-state index contributed by atoms with van der Waals surface area (Å²) >= 11 is 2.71. The Morgan fingerprint density at radius 3 is 1.75 bits per heavy atom. The van der Waals surface area contributed by atoms with Crippen LogP contribution < -0.4 is 0 Å². The predicted molar refractivity (Wildman–Crippen MR) is 48.4 cm³/mol. The Kier molecular flexibility index (Phi) is 2.19. The minimum atomic E-state index is 0.632. The Bertz CT molecular complexity index is 315. The zero-order valence-electron chi connectivity index (χ0n) is 5.91. The highest BCUT2D eigenvalue weighted by molar-refractivity contribution is 7.04. The summed E-state index contributed by atoms with van der Waals surface area (Å²) in [6.07, 6.45) is 0. The first kappa shape index (κ1) is 7.51. The fourth-order valence-corrected chi connectivity index (χ4v) is 1.52. The average Bonchev–Trinajstić information content (AvgIpc) is 2.74. The van der Waals surface area contributed by atoms with Gasteiger partial charge in [0.1, 0.15) is 0 Å². The molecule has 6 heteroatoms. The minimum Gasteiger partial charge on any atom is -0.171 e. The Hall–Kier alpha value is -1.14. The van der Waals surface area contributed by atoms with Crippen LogP contribution in [0.2, 0.25) is 0 Å². The van der Waals surface area contributed by atoms with Gasteiger partial charge in [-0.3, -0.25) is 0 Å². The molecule has 2 heterocycles. The number of hydrogen-bond acceptors (Lipinski definition) is 6. The molecule has 12 heavy (non-hydrogen) atoms. The Morgan fingerprint density at radius 1 is 0.917 bits per heavy atom. The van der Waals surface area contributed by atoms with Crippen LogP contribution in [0.4, 0.5) is 11.6 Å². The molecule has 0 aliphatic rings. The van der Waals surface area contributed by atoms with E-state index in [2.05, 4.69) is 19.0 Å². The highest BCUT2D eigenvalue weighted by Crippen LogP contribution is 2.16. The molecule has 0 fully saturated rings. The molecule has 0 spiro atoms. The molecule has 0 atom stereocenters. The van der Waals surface area contributed by atoms with Crippen molar-refractivity contribution in [2.45, 2.75) is 0 Å². The Labute approximate surface area is 76.9 Å². The van der Waals surface area contributed by atoms with Crippen LogP contribution in [0.25, 0.3) is 0 Å². The molecule has 2 rings (SSSR count). The van der Waals surface area contributed by atoms with Crippen molar-refractivity contribution in [1.82, 2.24) is 8.75 Å². The fraction of sp³-hybridized carbons (Fsp3) is 0. The van der Waals surface area contributed by atoms with E-state index in [1.807, 2.05) is 10.8 Å². The van der Waals surface area contributed by atoms with Crippen molar-refractivity contribution >= 4 is 34.7 Å². The summed E-state index contributed by atoms with van der Waals surface area (Å²) in [5, 5.41) is 11.5. The van der Waals surface area contributed by atoms with Gasteiger partial charge in [-0.15, -0.1) is 10.2 Å². The number of rotatable bonds is 2. The van der Waals surface area contributed by atoms with Crippen LogP contribution in [0, 0.1) is 0 Å². The summed E-state index contributed by atoms with van der Waals surface area (Å²) in [4.78, 5) is 0. The summed E-state index contributed by atoms with van der Waals surface area (Å²) < 4.78 is 7.95. The first-order valence-electron chi connectivity index (χ1n) is 3.17. The average molecular weight is 196 g/mol. The van der Waals surface area contributed by atoms with Gasteiger partial charge in [-0.05, 0) is 35.2 Å². The minimum absolute atomic E-state index is 0.632. The van der Waals surface area contributed by atoms with Gasteiger partial charge in [-0.25, -0.2) is 0 Å². The first-order valence-corrected chi connectivity index (χ1v) is 4.85. The molecule has 0 saturated carbocycles. The standard InChI is InChI=1S/C6H4N4S2/c1-3-11-9-5(1)7-8-6-2-4-12-10-6/h1-4H. The van der Waals surface area contributed by atoms with Crippen molar-refractivity contribution in [1.29, 1.82) is 0 Å². The van der Waals surface area contributed by atoms with Crippen molar-refractivity contribution in [2.75, 3.05) is 0 Å². The monoisotopic (exact) mass is 196 g/mol. The third-order valence-electron chi connectivity index (χ3n) is 1.10. The molecular formula is C6H4N4S2. The molecule has 60 valence electrons. The largest absolute Gasteiger partial charge is 0.187 e. The SMILES string of the molecule is c1cc(N=Nc2ccsn2)ns1. The first-order chi connectivity index (χ1) is 5.95. The molecule has 0 bridgehead atoms. The van der Waals surface area contributed by atoms with Crippen molar-refractivity contribution in [3.63, 3.8) is 0 Å². The van der Waals surface area contributed by atoms with E-state index >= 15 is 0 Å². The number of hydrogen-bond donors (Lipinski definition) is 0. The highest BCUT2D eigenvalue weighted by atomic mass is 32.1. The van der Waals surface area contributed by atoms with Crippen molar-refractivity contribution in [3.8, 4) is 0 Å². The van der Waals surface area contributed by atoms with Crippen molar-refractivity contribution in [3.05, 3.63) is 22.9 Å². The van der Waals surface area contributed by atoms with Crippen LogP contribution in [0.5, 0.6) is 0 Å². The third kappa shape index (κ3) is 1.72. The molecule has 0 radical (unpaired) electrons. The molecule has 0 saturated heterocycles. The van der Waals surface area contributed by atoms with Crippen LogP contribution >= 0.6 is 23.1 Å². The normalized spacial score (nSPS) is 11.0. The van der Waals surface area contributed by atoms with E-state index in [0.717, 1.165) is 0 Å². The van der Waals surface area contributed by atoms with E-state index in [-0.39, 0.29) is 0 Å². The second kappa shape index (κ2) is 3.51. The van der Waals surface area contributed by atoms with Gasteiger partial charge in [-0.1, -0.05) is 0 Å². The van der Waals surface area contributed by atoms with Crippen LogP contribution in [0.15, 0.2) is 33.1 Å². The Morgan fingerprint density at radius 2 is 1.42 bits per heavy atom. The van der Waals surface area contributed by atoms with Gasteiger partial charge in [0.2, 0.25) is 0 Å². The second-order valence-electron chi connectivity index (χ2n) is 1.92. The summed E-state index contributed by atoms with van der Waals surface area (Å²) in [5.74, 6) is 1.26. The molecule has 0 aliphatic carbocycles. The summed E-state index contributed by atoms with van der Waals surface area (Å²) in [6, 6.07) is 3.61. The molecule has 4 nitrogen and oxygen atoms in total. The zero-order chi connectivity index (χ0) is 8.23. The van der Waals surface area contributed by atoms with E-state index < -0.39 is 0 Å². The second-order valence-corrected chi connectivity index (χ2v) is 3.25. The van der Waals surface area contributed by atoms with E-state index in [1.165, 1.54) is 23.1 Å². The number of nitrogens with zero attached hydrogens (tertiary/aromatic N) is 4. The van der Waals surface area contributed by atoms with Crippen molar-refractivity contribution < 1.29 is 0 Å². The lowest BCUT2D eigenvalue weighted by molar-refractivity contribution is 1.17. The van der Waals surface area contributed by atoms with Gasteiger partial charge < -0.3 is 0 Å². The van der Waals surface area contributed by atoms with Crippen LogP contribution in [0.3, 0.4) is 0 Å². The maximum Gasteiger partial charge on any atom is 0.187 e. The zero-order valence-corrected chi connectivity index (χ0v) is 7.55. The third-order valence-corrected chi connectivity index (χ3v) is 2.20. The van der Waals surface area contributed by atoms with E-state index in [9.17, 15) is 0 Å². The van der Waals surface area contributed by atoms with Crippen molar-refractivity contribution in [2.24, 2.45) is 10.2 Å². The van der Waals surface area contributed by atoms with Crippen LogP contribution in [-0.2, 0) is 0 Å². The molecule has 0 N–H and O–H groups in total. The molecule has 2 aromatic rings. The van der Waals surface area contributed by atoms with E-state index in [1.54, 1.807) is 12.1 Å². The Balaban J connectivity index is 2.14. The summed E-state index contributed by atoms with van der Waals surface area (Å²) in [5.41, 5.74) is 0. The predicted octanol–water partition coefficient (Wildman–Crippen LogP) is 3.02. The van der Waals surface area contributed by atoms with Gasteiger partial charge in [0, 0.05) is 10.8 Å². The smallest absolute Gasteiger partial charge is 0.171 e. The molecule has 0 unspecified atom stereocenters. The van der Waals surface area contributed by atoms with Crippen LogP contribution in [-0.4, -0.2) is 8.75 Å². The van der Waals surface area contributed by atoms with Gasteiger partial charge in [0.25, 0.3) is 0 Å². The maximum atomic E-state index is 3.97. The molecule has 0 aromatic carbocycles.